The first kappa shape index (κ1) is 9.08. The molecule has 0 fully saturated rings. The number of nitrogens with two attached hydrogens (primary N) is 1. The van der Waals surface area contributed by atoms with E-state index < -0.39 is 0 Å². The maximum absolute atomic E-state index is 10.6. The van der Waals surface area contributed by atoms with Gasteiger partial charge in [-0.3, -0.25) is 4.79 Å². The molecule has 0 saturated carbocycles. The van der Waals surface area contributed by atoms with Crippen LogP contribution in [0.3, 0.4) is 0 Å². The number of benzene rings is 1. The van der Waals surface area contributed by atoms with E-state index in [-0.39, 0.29) is 11.7 Å². The fourth-order valence-electron chi connectivity index (χ4n) is 1.11. The Balaban J connectivity index is 2.29. The molecule has 0 radical (unpaired) electrons. The van der Waals surface area contributed by atoms with Gasteiger partial charge in [-0.25, -0.2) is 0 Å². The summed E-state index contributed by atoms with van der Waals surface area (Å²) in [5.41, 5.74) is 5.76. The second-order valence-corrected chi connectivity index (χ2v) is 3.70. The van der Waals surface area contributed by atoms with Crippen molar-refractivity contribution in [3.63, 3.8) is 0 Å². The number of hydrogen-bond acceptors (Lipinski definition) is 4. The van der Waals surface area contributed by atoms with Gasteiger partial charge in [0, 0.05) is 0 Å². The standard InChI is InChI=1S/C9H8N2O2S/c10-8(12)5-14-9-6-3-1-2-4-7(6)13-11-9/h1-4H,5H2,(H2,10,12). The molecule has 1 heterocycles. The second-order valence-electron chi connectivity index (χ2n) is 2.74. The quantitative estimate of drug-likeness (QED) is 0.774. The topological polar surface area (TPSA) is 69.1 Å². The van der Waals surface area contributed by atoms with Crippen molar-refractivity contribution < 1.29 is 9.32 Å². The van der Waals surface area contributed by atoms with Gasteiger partial charge in [0.25, 0.3) is 0 Å². The molecule has 72 valence electrons. The lowest BCUT2D eigenvalue weighted by atomic mass is 10.3. The van der Waals surface area contributed by atoms with Crippen molar-refractivity contribution in [2.24, 2.45) is 5.73 Å². The second kappa shape index (κ2) is 3.71. The SMILES string of the molecule is NC(=O)CSc1noc2ccccc12. The Bertz CT molecular complexity index is 467. The summed E-state index contributed by atoms with van der Waals surface area (Å²) in [5, 5.41) is 5.47. The fourth-order valence-corrected chi connectivity index (χ4v) is 1.80. The Morgan fingerprint density at radius 1 is 1.50 bits per heavy atom. The van der Waals surface area contributed by atoms with Gasteiger partial charge in [-0.1, -0.05) is 29.1 Å². The van der Waals surface area contributed by atoms with Crippen molar-refractivity contribution in [3.8, 4) is 0 Å². The molecule has 0 saturated heterocycles. The Hall–Kier alpha value is -1.49. The van der Waals surface area contributed by atoms with Crippen LogP contribution in [0.2, 0.25) is 0 Å². The summed E-state index contributed by atoms with van der Waals surface area (Å²) in [4.78, 5) is 10.6. The monoisotopic (exact) mass is 208 g/mol. The van der Waals surface area contributed by atoms with Crippen LogP contribution in [0.1, 0.15) is 0 Å². The largest absolute Gasteiger partial charge is 0.369 e. The lowest BCUT2D eigenvalue weighted by Gasteiger charge is -1.91. The molecule has 0 unspecified atom stereocenters. The van der Waals surface area contributed by atoms with E-state index in [1.807, 2.05) is 24.3 Å². The van der Waals surface area contributed by atoms with Crippen LogP contribution in [-0.4, -0.2) is 16.8 Å². The number of carbonyl (C=O) groups is 1. The molecular formula is C9H8N2O2S. The minimum atomic E-state index is -0.359. The van der Waals surface area contributed by atoms with Gasteiger partial charge in [0.05, 0.1) is 11.1 Å². The number of fused-ring (bicyclic) bond motifs is 1. The zero-order chi connectivity index (χ0) is 9.97. The molecule has 0 aliphatic rings. The molecule has 14 heavy (non-hydrogen) atoms. The van der Waals surface area contributed by atoms with Crippen LogP contribution in [0.5, 0.6) is 0 Å². The molecule has 0 spiro atoms. The van der Waals surface area contributed by atoms with Crippen molar-refractivity contribution in [2.45, 2.75) is 5.03 Å². The van der Waals surface area contributed by atoms with E-state index >= 15 is 0 Å². The van der Waals surface area contributed by atoms with Crippen LogP contribution in [0.15, 0.2) is 33.8 Å². The number of para-hydroxylation sites is 1. The minimum absolute atomic E-state index is 0.219. The van der Waals surface area contributed by atoms with E-state index in [9.17, 15) is 4.79 Å². The highest BCUT2D eigenvalue weighted by Gasteiger charge is 2.08. The maximum atomic E-state index is 10.6. The van der Waals surface area contributed by atoms with Crippen LogP contribution in [0, 0.1) is 0 Å². The predicted octanol–water partition coefficient (Wildman–Crippen LogP) is 1.41. The lowest BCUT2D eigenvalue weighted by Crippen LogP contribution is -2.12. The van der Waals surface area contributed by atoms with Crippen LogP contribution >= 0.6 is 11.8 Å². The highest BCUT2D eigenvalue weighted by Crippen LogP contribution is 2.26. The number of nitrogens with zero attached hydrogens (tertiary/aromatic N) is 1. The number of carbonyl (C=O) groups excluding carboxylic acids is 1. The molecular weight excluding hydrogens is 200 g/mol. The number of thioether (sulfide) groups is 1. The summed E-state index contributed by atoms with van der Waals surface area (Å²) >= 11 is 1.29. The third kappa shape index (κ3) is 1.72. The third-order valence-electron chi connectivity index (χ3n) is 1.70. The molecule has 2 N–H and O–H groups in total. The highest BCUT2D eigenvalue weighted by atomic mass is 32.2. The summed E-state index contributed by atoms with van der Waals surface area (Å²) in [6.07, 6.45) is 0. The van der Waals surface area contributed by atoms with Gasteiger partial charge in [0.15, 0.2) is 5.58 Å². The van der Waals surface area contributed by atoms with E-state index in [1.54, 1.807) is 0 Å². The van der Waals surface area contributed by atoms with Crippen LogP contribution < -0.4 is 5.73 Å². The first-order chi connectivity index (χ1) is 6.77. The molecule has 5 heteroatoms. The lowest BCUT2D eigenvalue weighted by molar-refractivity contribution is -0.115. The summed E-state index contributed by atoms with van der Waals surface area (Å²) in [5.74, 6) is -0.140. The average Bonchev–Trinajstić information content (AvgIpc) is 2.58. The average molecular weight is 208 g/mol. The summed E-state index contributed by atoms with van der Waals surface area (Å²) < 4.78 is 5.06. The van der Waals surface area contributed by atoms with Crippen molar-refractivity contribution in [1.82, 2.24) is 5.16 Å². The minimum Gasteiger partial charge on any atom is -0.369 e. The number of rotatable bonds is 3. The zero-order valence-electron chi connectivity index (χ0n) is 7.27. The Kier molecular flexibility index (Phi) is 2.41. The van der Waals surface area contributed by atoms with E-state index in [0.717, 1.165) is 11.0 Å². The van der Waals surface area contributed by atoms with Crippen LogP contribution in [-0.2, 0) is 4.79 Å². The third-order valence-corrected chi connectivity index (χ3v) is 2.69. The van der Waals surface area contributed by atoms with Crippen molar-refractivity contribution in [2.75, 3.05) is 5.75 Å². The number of primary amides is 1. The summed E-state index contributed by atoms with van der Waals surface area (Å²) in [7, 11) is 0. The van der Waals surface area contributed by atoms with Crippen molar-refractivity contribution in [1.29, 1.82) is 0 Å². The van der Waals surface area contributed by atoms with Crippen molar-refractivity contribution in [3.05, 3.63) is 24.3 Å². The molecule has 2 rings (SSSR count). The normalized spacial score (nSPS) is 10.6. The Labute approximate surface area is 84.4 Å². The zero-order valence-corrected chi connectivity index (χ0v) is 8.08. The van der Waals surface area contributed by atoms with Gasteiger partial charge in [-0.15, -0.1) is 0 Å². The fraction of sp³-hybridized carbons (Fsp3) is 0.111. The number of amides is 1. The molecule has 0 aliphatic carbocycles. The van der Waals surface area contributed by atoms with Gasteiger partial charge < -0.3 is 10.3 Å². The smallest absolute Gasteiger partial charge is 0.227 e. The number of hydrogen-bond donors (Lipinski definition) is 1. The summed E-state index contributed by atoms with van der Waals surface area (Å²) in [6, 6.07) is 7.50. The van der Waals surface area contributed by atoms with Gasteiger partial charge in [-0.2, -0.15) is 0 Å². The van der Waals surface area contributed by atoms with Crippen LogP contribution in [0.25, 0.3) is 11.0 Å². The van der Waals surface area contributed by atoms with Gasteiger partial charge in [-0.05, 0) is 12.1 Å². The molecule has 4 nitrogen and oxygen atoms in total. The highest BCUT2D eigenvalue weighted by molar-refractivity contribution is 8.00. The molecule has 1 aromatic heterocycles. The molecule has 0 atom stereocenters. The number of aromatic nitrogens is 1. The first-order valence-electron chi connectivity index (χ1n) is 4.03. The van der Waals surface area contributed by atoms with Gasteiger partial charge >= 0.3 is 0 Å². The Morgan fingerprint density at radius 2 is 2.29 bits per heavy atom. The predicted molar refractivity (Wildman–Crippen MR) is 53.9 cm³/mol. The van der Waals surface area contributed by atoms with E-state index in [2.05, 4.69) is 5.16 Å². The molecule has 0 bridgehead atoms. The first-order valence-corrected chi connectivity index (χ1v) is 5.01. The maximum Gasteiger partial charge on any atom is 0.227 e. The summed E-state index contributed by atoms with van der Waals surface area (Å²) in [6.45, 7) is 0. The van der Waals surface area contributed by atoms with Crippen molar-refractivity contribution >= 4 is 28.6 Å². The van der Waals surface area contributed by atoms with Crippen LogP contribution in [0.4, 0.5) is 0 Å². The molecule has 1 aromatic carbocycles. The van der Waals surface area contributed by atoms with Gasteiger partial charge in [0.2, 0.25) is 5.91 Å². The van der Waals surface area contributed by atoms with E-state index in [4.69, 9.17) is 10.3 Å². The molecule has 2 aromatic rings. The molecule has 0 aliphatic heterocycles. The Morgan fingerprint density at radius 3 is 3.07 bits per heavy atom. The van der Waals surface area contributed by atoms with Gasteiger partial charge in [0.1, 0.15) is 5.03 Å². The molecule has 1 amide bonds. The van der Waals surface area contributed by atoms with E-state index in [0.29, 0.717) is 5.03 Å². The van der Waals surface area contributed by atoms with E-state index in [1.165, 1.54) is 11.8 Å².